The lowest BCUT2D eigenvalue weighted by molar-refractivity contribution is -0.129. The van der Waals surface area contributed by atoms with Crippen molar-refractivity contribution in [3.05, 3.63) is 60.2 Å². The van der Waals surface area contributed by atoms with Gasteiger partial charge in [0.15, 0.2) is 0 Å². The Hall–Kier alpha value is -2.18. The van der Waals surface area contributed by atoms with Gasteiger partial charge in [0.05, 0.1) is 25.6 Å². The van der Waals surface area contributed by atoms with E-state index in [4.69, 9.17) is 14.5 Å². The van der Waals surface area contributed by atoms with Gasteiger partial charge in [-0.1, -0.05) is 35.9 Å². The molecule has 0 aliphatic carbocycles. The Morgan fingerprint density at radius 1 is 1.22 bits per heavy atom. The van der Waals surface area contributed by atoms with Crippen molar-refractivity contribution < 1.29 is 23.8 Å². The largest absolute Gasteiger partial charge is 0.497 e. The maximum Gasteiger partial charge on any atom is 0.302 e. The number of nitrogens with zero attached hydrogens (tertiary/aromatic N) is 1. The van der Waals surface area contributed by atoms with E-state index in [2.05, 4.69) is 19.1 Å². The first-order chi connectivity index (χ1) is 13.0. The molecular formula is C19H25N2O5P. The summed E-state index contributed by atoms with van der Waals surface area (Å²) in [5.41, 5.74) is 2.86. The van der Waals surface area contributed by atoms with Gasteiger partial charge in [0.25, 0.3) is 5.91 Å². The van der Waals surface area contributed by atoms with E-state index >= 15 is 0 Å². The van der Waals surface area contributed by atoms with Crippen LogP contribution in [0.1, 0.15) is 12.0 Å². The van der Waals surface area contributed by atoms with Gasteiger partial charge < -0.3 is 9.26 Å². The lowest BCUT2D eigenvalue weighted by Gasteiger charge is -2.34. The van der Waals surface area contributed by atoms with Gasteiger partial charge in [0, 0.05) is 6.54 Å². The van der Waals surface area contributed by atoms with Gasteiger partial charge in [-0.3, -0.25) is 14.6 Å². The highest BCUT2D eigenvalue weighted by atomic mass is 31.2. The van der Waals surface area contributed by atoms with Crippen LogP contribution in [0.2, 0.25) is 0 Å². The monoisotopic (exact) mass is 392 g/mol. The molecule has 1 saturated heterocycles. The zero-order chi connectivity index (χ0) is 19.7. The molecule has 8 heteroatoms. The number of amides is 1. The number of methoxy groups -OCH3 is 1. The molecule has 0 radical (unpaired) electrons. The van der Waals surface area contributed by atoms with Crippen molar-refractivity contribution >= 4 is 18.7 Å². The Bertz CT molecular complexity index is 767. The first-order valence-corrected chi connectivity index (χ1v) is 10.2. The quantitative estimate of drug-likeness (QED) is 0.473. The number of carbonyl (C=O) groups is 1. The lowest BCUT2D eigenvalue weighted by Crippen LogP contribution is -2.40. The average molecular weight is 392 g/mol. The van der Waals surface area contributed by atoms with Gasteiger partial charge in [0.1, 0.15) is 5.75 Å². The topological polar surface area (TPSA) is 88.1 Å². The van der Waals surface area contributed by atoms with Gasteiger partial charge in [-0.15, -0.1) is 0 Å². The molecule has 146 valence electrons. The van der Waals surface area contributed by atoms with Crippen LogP contribution in [0.4, 0.5) is 0 Å². The summed E-state index contributed by atoms with van der Waals surface area (Å²) in [6.45, 7) is 2.75. The highest BCUT2D eigenvalue weighted by Crippen LogP contribution is 2.51. The van der Waals surface area contributed by atoms with Gasteiger partial charge >= 0.3 is 7.52 Å². The first kappa shape index (κ1) is 21.1. The summed E-state index contributed by atoms with van der Waals surface area (Å²) < 4.78 is 25.0. The van der Waals surface area contributed by atoms with Crippen molar-refractivity contribution in [2.24, 2.45) is 0 Å². The summed E-state index contributed by atoms with van der Waals surface area (Å²) in [6.07, 6.45) is 0.679. The Balaban J connectivity index is 0.000000313. The Morgan fingerprint density at radius 2 is 1.89 bits per heavy atom. The van der Waals surface area contributed by atoms with Gasteiger partial charge in [0.2, 0.25) is 0 Å². The van der Waals surface area contributed by atoms with E-state index in [1.54, 1.807) is 36.9 Å². The van der Waals surface area contributed by atoms with Crippen molar-refractivity contribution in [1.29, 1.82) is 0 Å². The van der Waals surface area contributed by atoms with Crippen molar-refractivity contribution in [2.75, 3.05) is 26.8 Å². The number of nitrogens with one attached hydrogen (secondary N) is 1. The van der Waals surface area contributed by atoms with Crippen LogP contribution >= 0.6 is 7.52 Å². The molecule has 1 aliphatic rings. The summed E-state index contributed by atoms with van der Waals surface area (Å²) in [4.78, 5) is 11.3. The third kappa shape index (κ3) is 5.91. The van der Waals surface area contributed by atoms with E-state index in [1.165, 1.54) is 10.2 Å². The van der Waals surface area contributed by atoms with Crippen LogP contribution < -0.4 is 15.5 Å². The van der Waals surface area contributed by atoms with Gasteiger partial charge in [-0.2, -0.15) is 0 Å². The number of ether oxygens (including phenoxy) is 1. The summed E-state index contributed by atoms with van der Waals surface area (Å²) in [5.74, 6) is 0.0289. The fourth-order valence-electron chi connectivity index (χ4n) is 2.56. The summed E-state index contributed by atoms with van der Waals surface area (Å²) >= 11 is 0. The van der Waals surface area contributed by atoms with Crippen LogP contribution in [0.5, 0.6) is 5.75 Å². The molecule has 1 amide bonds. The van der Waals surface area contributed by atoms with E-state index in [0.29, 0.717) is 30.6 Å². The molecule has 27 heavy (non-hydrogen) atoms. The minimum atomic E-state index is -3.27. The standard InChI is InChI=1S/C12H17N2O5P.C7H8/c1-18-10-3-5-11(6-4-10)20(17)14(7-2-8-19-20)9-12(15)13-16;1-7-5-3-2-4-6-7/h3-6,16H,2,7-9H2,1H3,(H,13,15);2-6H,1H3. The summed E-state index contributed by atoms with van der Waals surface area (Å²) in [6, 6.07) is 17.0. The zero-order valence-electron chi connectivity index (χ0n) is 15.5. The summed E-state index contributed by atoms with van der Waals surface area (Å²) in [5, 5.41) is 9.10. The molecule has 0 aromatic heterocycles. The molecule has 3 rings (SSSR count). The minimum absolute atomic E-state index is 0.181. The Morgan fingerprint density at radius 3 is 2.41 bits per heavy atom. The predicted molar refractivity (Wildman–Crippen MR) is 103 cm³/mol. The summed E-state index contributed by atoms with van der Waals surface area (Å²) in [7, 11) is -1.72. The van der Waals surface area contributed by atoms with E-state index in [-0.39, 0.29) is 6.54 Å². The number of aryl methyl sites for hydroxylation is 1. The molecule has 0 saturated carbocycles. The number of benzene rings is 2. The molecule has 1 unspecified atom stereocenters. The maximum atomic E-state index is 13.0. The Kier molecular flexibility index (Phi) is 8.00. The third-order valence-electron chi connectivity index (χ3n) is 3.99. The fraction of sp³-hybridized carbons (Fsp3) is 0.316. The number of carbonyl (C=O) groups excluding carboxylic acids is 1. The second-order valence-electron chi connectivity index (χ2n) is 5.98. The molecule has 1 fully saturated rings. The predicted octanol–water partition coefficient (Wildman–Crippen LogP) is 2.74. The molecule has 2 N–H and O–H groups in total. The van der Waals surface area contributed by atoms with E-state index in [1.807, 2.05) is 18.2 Å². The molecule has 0 bridgehead atoms. The van der Waals surface area contributed by atoms with E-state index in [9.17, 15) is 9.36 Å². The highest BCUT2D eigenvalue weighted by Gasteiger charge is 2.37. The minimum Gasteiger partial charge on any atom is -0.497 e. The Labute approximate surface area is 159 Å². The van der Waals surface area contributed by atoms with Crippen LogP contribution in [-0.2, 0) is 13.9 Å². The molecule has 2 aromatic rings. The zero-order valence-corrected chi connectivity index (χ0v) is 16.4. The fourth-order valence-corrected chi connectivity index (χ4v) is 4.83. The van der Waals surface area contributed by atoms with Crippen molar-refractivity contribution in [1.82, 2.24) is 10.2 Å². The molecule has 7 nitrogen and oxygen atoms in total. The van der Waals surface area contributed by atoms with Crippen LogP contribution in [0, 0.1) is 6.92 Å². The molecule has 1 atom stereocenters. The molecule has 1 heterocycles. The van der Waals surface area contributed by atoms with E-state index < -0.39 is 13.4 Å². The van der Waals surface area contributed by atoms with Crippen LogP contribution in [0.3, 0.4) is 0 Å². The smallest absolute Gasteiger partial charge is 0.302 e. The van der Waals surface area contributed by atoms with E-state index in [0.717, 1.165) is 0 Å². The van der Waals surface area contributed by atoms with Gasteiger partial charge in [-0.25, -0.2) is 10.2 Å². The molecule has 2 aromatic carbocycles. The second-order valence-corrected chi connectivity index (χ2v) is 8.36. The van der Waals surface area contributed by atoms with Crippen molar-refractivity contribution in [2.45, 2.75) is 13.3 Å². The second kappa shape index (κ2) is 10.2. The van der Waals surface area contributed by atoms with Crippen LogP contribution in [0.15, 0.2) is 54.6 Å². The van der Waals surface area contributed by atoms with Crippen LogP contribution in [-0.4, -0.2) is 42.6 Å². The number of hydroxylamine groups is 1. The first-order valence-electron chi connectivity index (χ1n) is 8.59. The van der Waals surface area contributed by atoms with Gasteiger partial charge in [-0.05, 0) is 37.6 Å². The molecular weight excluding hydrogens is 367 g/mol. The number of rotatable bonds is 4. The SMILES string of the molecule is COc1ccc(P2(=O)OCCCN2CC(=O)NO)cc1.Cc1ccccc1. The molecule has 0 spiro atoms. The molecule has 1 aliphatic heterocycles. The highest BCUT2D eigenvalue weighted by molar-refractivity contribution is 7.64. The third-order valence-corrected chi connectivity index (χ3v) is 6.56. The normalized spacial score (nSPS) is 19.5. The average Bonchev–Trinajstić information content (AvgIpc) is 2.71. The lowest BCUT2D eigenvalue weighted by atomic mass is 10.2. The number of hydrogen-bond acceptors (Lipinski definition) is 5. The van der Waals surface area contributed by atoms with Crippen molar-refractivity contribution in [3.63, 3.8) is 0 Å². The van der Waals surface area contributed by atoms with Crippen LogP contribution in [0.25, 0.3) is 0 Å². The number of hydrogen-bond donors (Lipinski definition) is 2. The van der Waals surface area contributed by atoms with Crippen molar-refractivity contribution in [3.8, 4) is 5.75 Å². The maximum absolute atomic E-state index is 13.0.